The summed E-state index contributed by atoms with van der Waals surface area (Å²) < 4.78 is 2.64. The molecular weight excluding hydrogens is 707 g/mol. The van der Waals surface area contributed by atoms with Gasteiger partial charge in [0.05, 0.1) is 5.41 Å². The molecular formula is C55H35NS. The molecule has 2 aliphatic rings. The number of thiophene rings is 1. The molecule has 1 spiro atoms. The Morgan fingerprint density at radius 1 is 0.316 bits per heavy atom. The van der Waals surface area contributed by atoms with Crippen molar-refractivity contribution in [2.45, 2.75) is 5.41 Å². The van der Waals surface area contributed by atoms with Gasteiger partial charge in [-0.2, -0.15) is 0 Å². The minimum absolute atomic E-state index is 0.420. The van der Waals surface area contributed by atoms with Crippen LogP contribution in [0.4, 0.5) is 17.1 Å². The lowest BCUT2D eigenvalue weighted by Crippen LogP contribution is -2.26. The predicted molar refractivity (Wildman–Crippen MR) is 241 cm³/mol. The molecule has 9 aromatic carbocycles. The molecule has 0 saturated carbocycles. The summed E-state index contributed by atoms with van der Waals surface area (Å²) in [5.74, 6) is 0. The molecule has 0 saturated heterocycles. The van der Waals surface area contributed by atoms with Crippen molar-refractivity contribution in [1.29, 1.82) is 0 Å². The molecule has 1 heterocycles. The Kier molecular flexibility index (Phi) is 7.08. The number of rotatable bonds is 5. The van der Waals surface area contributed by atoms with Crippen molar-refractivity contribution in [3.63, 3.8) is 0 Å². The summed E-state index contributed by atoms with van der Waals surface area (Å²) >= 11 is 1.88. The molecule has 1 nitrogen and oxygen atoms in total. The highest BCUT2D eigenvalue weighted by atomic mass is 32.1. The first kappa shape index (κ1) is 32.3. The van der Waals surface area contributed by atoms with Crippen molar-refractivity contribution in [2.24, 2.45) is 0 Å². The van der Waals surface area contributed by atoms with Crippen molar-refractivity contribution in [3.8, 4) is 44.5 Å². The summed E-state index contributed by atoms with van der Waals surface area (Å²) in [7, 11) is 0. The molecule has 12 rings (SSSR count). The maximum absolute atomic E-state index is 2.48. The zero-order valence-electron chi connectivity index (χ0n) is 31.1. The van der Waals surface area contributed by atoms with E-state index in [1.165, 1.54) is 86.9 Å². The van der Waals surface area contributed by atoms with Gasteiger partial charge < -0.3 is 4.90 Å². The van der Waals surface area contributed by atoms with Gasteiger partial charge in [-0.15, -0.1) is 11.3 Å². The Morgan fingerprint density at radius 3 is 1.54 bits per heavy atom. The van der Waals surface area contributed by atoms with E-state index >= 15 is 0 Å². The Bertz CT molecular complexity index is 3130. The minimum Gasteiger partial charge on any atom is -0.310 e. The number of hydrogen-bond acceptors (Lipinski definition) is 2. The fourth-order valence-electron chi connectivity index (χ4n) is 9.89. The van der Waals surface area contributed by atoms with E-state index < -0.39 is 5.41 Å². The van der Waals surface area contributed by atoms with Gasteiger partial charge in [0.15, 0.2) is 0 Å². The predicted octanol–water partition coefficient (Wildman–Crippen LogP) is 15.2. The fourth-order valence-corrected chi connectivity index (χ4v) is 11.1. The van der Waals surface area contributed by atoms with Crippen LogP contribution in [0.25, 0.3) is 64.7 Å². The quantitative estimate of drug-likeness (QED) is 0.170. The molecule has 0 amide bonds. The van der Waals surface area contributed by atoms with Crippen molar-refractivity contribution in [3.05, 3.63) is 235 Å². The second-order valence-electron chi connectivity index (χ2n) is 15.2. The largest absolute Gasteiger partial charge is 0.310 e. The third-order valence-electron chi connectivity index (χ3n) is 12.3. The number of fused-ring (bicyclic) bond motifs is 13. The first-order chi connectivity index (χ1) is 28.3. The van der Waals surface area contributed by atoms with Gasteiger partial charge in [-0.25, -0.2) is 0 Å². The van der Waals surface area contributed by atoms with Crippen molar-refractivity contribution < 1.29 is 0 Å². The van der Waals surface area contributed by atoms with Crippen molar-refractivity contribution in [2.75, 3.05) is 4.90 Å². The van der Waals surface area contributed by atoms with Gasteiger partial charge in [-0.05, 0) is 109 Å². The molecule has 0 N–H and O–H groups in total. The van der Waals surface area contributed by atoms with Crippen LogP contribution in [0.3, 0.4) is 0 Å². The molecule has 2 heteroatoms. The molecule has 1 aromatic heterocycles. The van der Waals surface area contributed by atoms with Crippen molar-refractivity contribution in [1.82, 2.24) is 0 Å². The van der Waals surface area contributed by atoms with Gasteiger partial charge in [-0.3, -0.25) is 0 Å². The van der Waals surface area contributed by atoms with Gasteiger partial charge >= 0.3 is 0 Å². The van der Waals surface area contributed by atoms with Crippen molar-refractivity contribution >= 4 is 48.6 Å². The highest BCUT2D eigenvalue weighted by Gasteiger charge is 2.51. The average Bonchev–Trinajstić information content (AvgIpc) is 3.91. The van der Waals surface area contributed by atoms with Crippen LogP contribution in [-0.4, -0.2) is 0 Å². The van der Waals surface area contributed by atoms with Gasteiger partial charge in [-0.1, -0.05) is 170 Å². The first-order valence-electron chi connectivity index (χ1n) is 19.7. The maximum Gasteiger partial charge on any atom is 0.0726 e. The molecule has 266 valence electrons. The van der Waals surface area contributed by atoms with Crippen LogP contribution >= 0.6 is 11.3 Å². The Morgan fingerprint density at radius 2 is 0.825 bits per heavy atom. The van der Waals surface area contributed by atoms with Gasteiger partial charge in [0.25, 0.3) is 0 Å². The number of hydrogen-bond donors (Lipinski definition) is 0. The van der Waals surface area contributed by atoms with Gasteiger partial charge in [0, 0.05) is 37.2 Å². The standard InChI is InChI=1S/C55H35NS/c1-2-14-36(15-3-1)37-28-30-39(31-29-37)56(40-17-12-16-38(34-40)42-22-13-23-48-47-21-7-11-27-53(47)57-54(42)48)41-32-33-46-45-20-6-10-26-51(45)55(52(46)35-41)49-24-8-4-18-43(49)44-19-5-9-25-50(44)55/h1-35H. The van der Waals surface area contributed by atoms with Crippen LogP contribution in [0.5, 0.6) is 0 Å². The van der Waals surface area contributed by atoms with E-state index in [2.05, 4.69) is 217 Å². The molecule has 0 radical (unpaired) electrons. The van der Waals surface area contributed by atoms with Crippen LogP contribution in [0.2, 0.25) is 0 Å². The minimum atomic E-state index is -0.420. The summed E-state index contributed by atoms with van der Waals surface area (Å²) in [6, 6.07) is 78.7. The Hall–Kier alpha value is -7.00. The molecule has 2 aliphatic carbocycles. The highest BCUT2D eigenvalue weighted by Crippen LogP contribution is 2.63. The van der Waals surface area contributed by atoms with E-state index in [0.29, 0.717) is 0 Å². The molecule has 57 heavy (non-hydrogen) atoms. The summed E-state index contributed by atoms with van der Waals surface area (Å²) in [4.78, 5) is 2.45. The molecule has 0 fully saturated rings. The lowest BCUT2D eigenvalue weighted by Gasteiger charge is -2.32. The second kappa shape index (κ2) is 12.5. The van der Waals surface area contributed by atoms with Gasteiger partial charge in [0.2, 0.25) is 0 Å². The topological polar surface area (TPSA) is 3.24 Å². The normalized spacial score (nSPS) is 13.1. The lowest BCUT2D eigenvalue weighted by molar-refractivity contribution is 0.793. The summed E-state index contributed by atoms with van der Waals surface area (Å²) in [6.07, 6.45) is 0. The molecule has 0 aliphatic heterocycles. The smallest absolute Gasteiger partial charge is 0.0726 e. The molecule has 10 aromatic rings. The SMILES string of the molecule is c1ccc(-c2ccc(N(c3cccc(-c4cccc5c4sc4ccccc45)c3)c3ccc4c(c3)C3(c5ccccc5-c5ccccc53)c3ccccc3-4)cc2)cc1. The first-order valence-corrected chi connectivity index (χ1v) is 20.5. The third kappa shape index (κ3) is 4.68. The van der Waals surface area contributed by atoms with E-state index in [-0.39, 0.29) is 0 Å². The average molecular weight is 742 g/mol. The lowest BCUT2D eigenvalue weighted by atomic mass is 9.70. The van der Waals surface area contributed by atoms with Crippen LogP contribution < -0.4 is 4.90 Å². The molecule has 0 bridgehead atoms. The monoisotopic (exact) mass is 741 g/mol. The zero-order chi connectivity index (χ0) is 37.5. The van der Waals surface area contributed by atoms with E-state index in [1.54, 1.807) is 0 Å². The van der Waals surface area contributed by atoms with Gasteiger partial charge in [0.1, 0.15) is 0 Å². The fraction of sp³-hybridized carbons (Fsp3) is 0.0182. The summed E-state index contributed by atoms with van der Waals surface area (Å²) in [5, 5.41) is 2.63. The third-order valence-corrected chi connectivity index (χ3v) is 13.5. The van der Waals surface area contributed by atoms with E-state index in [1.807, 2.05) is 11.3 Å². The Labute approximate surface area is 336 Å². The number of anilines is 3. The highest BCUT2D eigenvalue weighted by molar-refractivity contribution is 7.26. The van der Waals surface area contributed by atoms with Crippen LogP contribution in [0, 0.1) is 0 Å². The van der Waals surface area contributed by atoms with Crippen LogP contribution in [0.15, 0.2) is 212 Å². The second-order valence-corrected chi connectivity index (χ2v) is 16.2. The summed E-state index contributed by atoms with van der Waals surface area (Å²) in [6.45, 7) is 0. The molecule has 0 atom stereocenters. The van der Waals surface area contributed by atoms with E-state index in [9.17, 15) is 0 Å². The van der Waals surface area contributed by atoms with E-state index in [0.717, 1.165) is 17.1 Å². The van der Waals surface area contributed by atoms with E-state index in [4.69, 9.17) is 0 Å². The van der Waals surface area contributed by atoms with Crippen LogP contribution in [-0.2, 0) is 5.41 Å². The zero-order valence-corrected chi connectivity index (χ0v) is 31.9. The maximum atomic E-state index is 2.48. The summed E-state index contributed by atoms with van der Waals surface area (Å²) in [5.41, 5.74) is 18.5. The molecule has 0 unspecified atom stereocenters. The number of benzene rings is 9. The van der Waals surface area contributed by atoms with Crippen LogP contribution in [0.1, 0.15) is 22.3 Å². The number of nitrogens with zero attached hydrogens (tertiary/aromatic N) is 1. The Balaban J connectivity index is 1.08.